The molecule has 1 heterocycles. The third-order valence-electron chi connectivity index (χ3n) is 3.83. The molecule has 2 aromatic carbocycles. The van der Waals surface area contributed by atoms with Gasteiger partial charge in [-0.3, -0.25) is 0 Å². The second kappa shape index (κ2) is 6.04. The van der Waals surface area contributed by atoms with Crippen LogP contribution in [-0.2, 0) is 4.79 Å². The molecule has 0 saturated heterocycles. The molecule has 0 aromatic heterocycles. The zero-order valence-corrected chi connectivity index (χ0v) is 12.9. The predicted octanol–water partition coefficient (Wildman–Crippen LogP) is 2.94. The molecule has 0 spiro atoms. The topological polar surface area (TPSA) is 67.8 Å². The highest BCUT2D eigenvalue weighted by molar-refractivity contribution is 6.03. The van der Waals surface area contributed by atoms with E-state index in [2.05, 4.69) is 5.32 Å². The maximum Gasteiger partial charge on any atom is 0.162 e. The summed E-state index contributed by atoms with van der Waals surface area (Å²) in [5.74, 6) is 1.42. The second-order valence-electron chi connectivity index (χ2n) is 5.20. The van der Waals surface area contributed by atoms with E-state index in [0.29, 0.717) is 11.5 Å². The Kier molecular flexibility index (Phi) is 3.93. The highest BCUT2D eigenvalue weighted by Gasteiger charge is 2.27. The number of ether oxygens (including phenoxy) is 2. The second-order valence-corrected chi connectivity index (χ2v) is 5.20. The van der Waals surface area contributed by atoms with Crippen LogP contribution in [0.3, 0.4) is 0 Å². The minimum absolute atomic E-state index is 0.204. The van der Waals surface area contributed by atoms with E-state index in [9.17, 15) is 9.90 Å². The smallest absolute Gasteiger partial charge is 0.162 e. The number of anilines is 1. The van der Waals surface area contributed by atoms with Crippen LogP contribution in [0.4, 0.5) is 5.69 Å². The summed E-state index contributed by atoms with van der Waals surface area (Å²) in [6.07, 6.45) is 2.79. The summed E-state index contributed by atoms with van der Waals surface area (Å²) in [7, 11) is 3.15. The fraction of sp³-hybridized carbons (Fsp3) is 0.167. The summed E-state index contributed by atoms with van der Waals surface area (Å²) in [4.78, 5) is 11.4. The summed E-state index contributed by atoms with van der Waals surface area (Å²) in [5, 5.41) is 12.6. The van der Waals surface area contributed by atoms with Gasteiger partial charge in [0.25, 0.3) is 0 Å². The lowest BCUT2D eigenvalue weighted by Crippen LogP contribution is -2.15. The summed E-state index contributed by atoms with van der Waals surface area (Å²) < 4.78 is 10.6. The third kappa shape index (κ3) is 2.73. The van der Waals surface area contributed by atoms with Crippen molar-refractivity contribution in [3.8, 4) is 17.2 Å². The number of rotatable bonds is 4. The lowest BCUT2D eigenvalue weighted by molar-refractivity contribution is -0.107. The van der Waals surface area contributed by atoms with E-state index in [1.807, 2.05) is 18.2 Å². The number of phenols is 1. The molecule has 2 N–H and O–H groups in total. The van der Waals surface area contributed by atoms with Crippen molar-refractivity contribution in [2.24, 2.45) is 0 Å². The zero-order chi connectivity index (χ0) is 16.4. The Balaban J connectivity index is 2.10. The molecule has 2 aromatic rings. The quantitative estimate of drug-likeness (QED) is 0.850. The van der Waals surface area contributed by atoms with E-state index in [1.165, 1.54) is 0 Å². The van der Waals surface area contributed by atoms with Gasteiger partial charge in [-0.25, -0.2) is 0 Å². The maximum atomic E-state index is 11.4. The number of aromatic hydroxyl groups is 1. The van der Waals surface area contributed by atoms with Gasteiger partial charge in [0, 0.05) is 17.3 Å². The number of methoxy groups -OCH3 is 2. The molecule has 0 saturated carbocycles. The summed E-state index contributed by atoms with van der Waals surface area (Å²) in [6, 6.07) is 10.1. The van der Waals surface area contributed by atoms with Crippen molar-refractivity contribution >= 4 is 23.6 Å². The molecule has 3 rings (SSSR count). The van der Waals surface area contributed by atoms with Gasteiger partial charge >= 0.3 is 0 Å². The zero-order valence-electron chi connectivity index (χ0n) is 12.9. The molecule has 1 atom stereocenters. The van der Waals surface area contributed by atoms with Gasteiger partial charge in [0.2, 0.25) is 0 Å². The highest BCUT2D eigenvalue weighted by atomic mass is 16.5. The first kappa shape index (κ1) is 15.0. The molecule has 23 heavy (non-hydrogen) atoms. The number of fused-ring (bicyclic) bond motifs is 1. The first-order valence-corrected chi connectivity index (χ1v) is 7.15. The summed E-state index contributed by atoms with van der Waals surface area (Å²) in [5.41, 5.74) is 3.47. The van der Waals surface area contributed by atoms with Crippen molar-refractivity contribution in [1.82, 2.24) is 0 Å². The van der Waals surface area contributed by atoms with Crippen molar-refractivity contribution < 1.29 is 19.4 Å². The van der Waals surface area contributed by atoms with Gasteiger partial charge in [0.05, 0.1) is 14.2 Å². The molecule has 5 nitrogen and oxygen atoms in total. The van der Waals surface area contributed by atoms with Gasteiger partial charge in [0.1, 0.15) is 18.1 Å². The minimum atomic E-state index is -0.435. The summed E-state index contributed by atoms with van der Waals surface area (Å²) in [6.45, 7) is 0. The van der Waals surface area contributed by atoms with Crippen molar-refractivity contribution in [3.05, 3.63) is 47.5 Å². The van der Waals surface area contributed by atoms with Crippen LogP contribution >= 0.6 is 0 Å². The third-order valence-corrected chi connectivity index (χ3v) is 3.83. The van der Waals surface area contributed by atoms with Crippen LogP contribution in [0.5, 0.6) is 17.2 Å². The van der Waals surface area contributed by atoms with E-state index in [1.54, 1.807) is 38.5 Å². The van der Waals surface area contributed by atoms with Gasteiger partial charge in [0.15, 0.2) is 11.5 Å². The molecule has 0 amide bonds. The average Bonchev–Trinajstić information content (AvgIpc) is 2.92. The Morgan fingerprint density at radius 3 is 2.35 bits per heavy atom. The van der Waals surface area contributed by atoms with Crippen LogP contribution in [0.1, 0.15) is 11.1 Å². The molecule has 1 unspecified atom stereocenters. The number of phenolic OH excluding ortho intramolecular Hbond substituents is 1. The largest absolute Gasteiger partial charge is 0.508 e. The lowest BCUT2D eigenvalue weighted by atomic mass is 9.99. The van der Waals surface area contributed by atoms with Crippen LogP contribution in [0.2, 0.25) is 0 Å². The van der Waals surface area contributed by atoms with Crippen molar-refractivity contribution in [2.75, 3.05) is 19.5 Å². The molecule has 1 aliphatic heterocycles. The van der Waals surface area contributed by atoms with Crippen LogP contribution in [0.25, 0.3) is 11.6 Å². The minimum Gasteiger partial charge on any atom is -0.508 e. The average molecular weight is 311 g/mol. The Bertz CT molecular complexity index is 765. The monoisotopic (exact) mass is 311 g/mol. The fourth-order valence-electron chi connectivity index (χ4n) is 2.68. The van der Waals surface area contributed by atoms with Crippen LogP contribution in [-0.4, -0.2) is 31.7 Å². The molecule has 5 heteroatoms. The maximum absolute atomic E-state index is 11.4. The number of benzene rings is 2. The fourth-order valence-corrected chi connectivity index (χ4v) is 2.68. The highest BCUT2D eigenvalue weighted by Crippen LogP contribution is 2.42. The predicted molar refractivity (Wildman–Crippen MR) is 89.0 cm³/mol. The lowest BCUT2D eigenvalue weighted by Gasteiger charge is -2.10. The first-order chi connectivity index (χ1) is 11.2. The Morgan fingerprint density at radius 2 is 1.74 bits per heavy atom. The molecular weight excluding hydrogens is 294 g/mol. The molecule has 0 fully saturated rings. The molecule has 1 aliphatic rings. The van der Waals surface area contributed by atoms with Gasteiger partial charge in [-0.2, -0.15) is 0 Å². The molecule has 0 radical (unpaired) electrons. The summed E-state index contributed by atoms with van der Waals surface area (Å²) >= 11 is 0. The van der Waals surface area contributed by atoms with Crippen molar-refractivity contribution in [2.45, 2.75) is 6.04 Å². The molecule has 0 aliphatic carbocycles. The molecule has 0 bridgehead atoms. The van der Waals surface area contributed by atoms with E-state index in [-0.39, 0.29) is 5.75 Å². The molecular formula is C18H17NO4. The number of aldehydes is 1. The van der Waals surface area contributed by atoms with Gasteiger partial charge in [-0.05, 0) is 35.4 Å². The number of carbonyl (C=O) groups is 1. The number of nitrogens with one attached hydrogen (secondary N) is 1. The Morgan fingerprint density at radius 1 is 1.09 bits per heavy atom. The van der Waals surface area contributed by atoms with E-state index >= 15 is 0 Å². The van der Waals surface area contributed by atoms with Crippen LogP contribution in [0, 0.1) is 0 Å². The van der Waals surface area contributed by atoms with Crippen LogP contribution in [0.15, 0.2) is 36.4 Å². The van der Waals surface area contributed by atoms with Crippen molar-refractivity contribution in [3.63, 3.8) is 0 Å². The first-order valence-electron chi connectivity index (χ1n) is 7.15. The van der Waals surface area contributed by atoms with Gasteiger partial charge in [-0.1, -0.05) is 12.1 Å². The van der Waals surface area contributed by atoms with Gasteiger partial charge < -0.3 is 24.7 Å². The SMILES string of the molecule is COc1cc2c(cc1OC)/C(=C\c1ccc(O)cc1)C(C=O)N2. The van der Waals surface area contributed by atoms with E-state index in [4.69, 9.17) is 9.47 Å². The number of hydrogen-bond acceptors (Lipinski definition) is 5. The number of carbonyl (C=O) groups excluding carboxylic acids is 1. The number of hydrogen-bond donors (Lipinski definition) is 2. The normalized spacial score (nSPS) is 17.5. The standard InChI is InChI=1S/C18H17NO4/c1-22-17-8-14-13(7-11-3-5-12(21)6-4-11)16(10-20)19-15(14)9-18(17)23-2/h3-10,16,19,21H,1-2H3/b13-7+. The Hall–Kier alpha value is -2.95. The van der Waals surface area contributed by atoms with Crippen LogP contribution < -0.4 is 14.8 Å². The van der Waals surface area contributed by atoms with E-state index in [0.717, 1.165) is 28.7 Å². The van der Waals surface area contributed by atoms with Gasteiger partial charge in [-0.15, -0.1) is 0 Å². The molecule has 118 valence electrons. The van der Waals surface area contributed by atoms with E-state index < -0.39 is 6.04 Å². The van der Waals surface area contributed by atoms with Crippen molar-refractivity contribution in [1.29, 1.82) is 0 Å². The Labute approximate surface area is 134 Å².